The summed E-state index contributed by atoms with van der Waals surface area (Å²) in [6.45, 7) is -0.491. The number of ether oxygens (including phenoxy) is 2. The maximum atomic E-state index is 12.8. The summed E-state index contributed by atoms with van der Waals surface area (Å²) in [6.07, 6.45) is 0. The topological polar surface area (TPSA) is 81.7 Å². The zero-order valence-electron chi connectivity index (χ0n) is 12.7. The number of hydrogen-bond donors (Lipinski definition) is 1. The van der Waals surface area contributed by atoms with Gasteiger partial charge in [-0.25, -0.2) is 14.0 Å². The van der Waals surface area contributed by atoms with Crippen molar-refractivity contribution in [2.24, 2.45) is 0 Å². The quantitative estimate of drug-likeness (QED) is 0.851. The average molecular weight is 331 g/mol. The highest BCUT2D eigenvalue weighted by molar-refractivity contribution is 5.96. The summed E-state index contributed by atoms with van der Waals surface area (Å²) in [5.74, 6) is -2.23. The molecule has 0 spiro atoms. The largest absolute Gasteiger partial charge is 0.465 e. The molecule has 1 amide bonds. The molecule has 0 fully saturated rings. The minimum atomic E-state index is -0.730. The van der Waals surface area contributed by atoms with Crippen LogP contribution in [0.5, 0.6) is 0 Å². The third-order valence-corrected chi connectivity index (χ3v) is 3.00. The SMILES string of the molecule is COC(=O)c1ccc(NC(=O)COC(=O)c2ccc(F)cc2)cc1. The predicted octanol–water partition coefficient (Wildman–Crippen LogP) is 2.41. The Hall–Kier alpha value is -3.22. The van der Waals surface area contributed by atoms with E-state index in [4.69, 9.17) is 4.74 Å². The standard InChI is InChI=1S/C17H14FNO5/c1-23-16(21)11-4-8-14(9-5-11)19-15(20)10-24-17(22)12-2-6-13(18)7-3-12/h2-9H,10H2,1H3,(H,19,20). The molecule has 2 aromatic carbocycles. The Kier molecular flexibility index (Phi) is 5.62. The molecule has 0 unspecified atom stereocenters. The van der Waals surface area contributed by atoms with Gasteiger partial charge >= 0.3 is 11.9 Å². The van der Waals surface area contributed by atoms with Crippen LogP contribution < -0.4 is 5.32 Å². The lowest BCUT2D eigenvalue weighted by atomic mass is 10.2. The van der Waals surface area contributed by atoms with E-state index in [0.29, 0.717) is 11.3 Å². The van der Waals surface area contributed by atoms with Gasteiger partial charge in [0.05, 0.1) is 18.2 Å². The normalized spacial score (nSPS) is 9.92. The van der Waals surface area contributed by atoms with E-state index < -0.39 is 30.3 Å². The number of benzene rings is 2. The molecule has 0 bridgehead atoms. The van der Waals surface area contributed by atoms with E-state index in [2.05, 4.69) is 10.1 Å². The van der Waals surface area contributed by atoms with Gasteiger partial charge in [-0.05, 0) is 48.5 Å². The van der Waals surface area contributed by atoms with Gasteiger partial charge < -0.3 is 14.8 Å². The van der Waals surface area contributed by atoms with Crippen LogP contribution in [0.1, 0.15) is 20.7 Å². The Morgan fingerprint density at radius 3 is 2.04 bits per heavy atom. The number of halogens is 1. The second kappa shape index (κ2) is 7.87. The maximum Gasteiger partial charge on any atom is 0.338 e. The fourth-order valence-electron chi connectivity index (χ4n) is 1.80. The molecule has 2 rings (SSSR count). The Morgan fingerprint density at radius 1 is 0.917 bits per heavy atom. The molecule has 2 aromatic rings. The lowest BCUT2D eigenvalue weighted by Gasteiger charge is -2.07. The van der Waals surface area contributed by atoms with Crippen LogP contribution in [0.4, 0.5) is 10.1 Å². The van der Waals surface area contributed by atoms with Crippen LogP contribution in [0.2, 0.25) is 0 Å². The first kappa shape index (κ1) is 17.1. The zero-order chi connectivity index (χ0) is 17.5. The number of hydrogen-bond acceptors (Lipinski definition) is 5. The van der Waals surface area contributed by atoms with Crippen LogP contribution in [-0.4, -0.2) is 31.6 Å². The van der Waals surface area contributed by atoms with Gasteiger partial charge in [-0.3, -0.25) is 4.79 Å². The fraction of sp³-hybridized carbons (Fsp3) is 0.118. The maximum absolute atomic E-state index is 12.8. The van der Waals surface area contributed by atoms with E-state index in [1.807, 2.05) is 0 Å². The highest BCUT2D eigenvalue weighted by Gasteiger charge is 2.11. The first-order valence-corrected chi connectivity index (χ1v) is 6.90. The Morgan fingerprint density at radius 2 is 1.46 bits per heavy atom. The first-order valence-electron chi connectivity index (χ1n) is 6.90. The van der Waals surface area contributed by atoms with Crippen LogP contribution in [0.3, 0.4) is 0 Å². The van der Waals surface area contributed by atoms with Crippen LogP contribution >= 0.6 is 0 Å². The van der Waals surface area contributed by atoms with Gasteiger partial charge in [-0.1, -0.05) is 0 Å². The second-order valence-corrected chi connectivity index (χ2v) is 4.70. The molecule has 0 aliphatic heterocycles. The van der Waals surface area contributed by atoms with Gasteiger partial charge in [0, 0.05) is 5.69 Å². The van der Waals surface area contributed by atoms with Crippen molar-refractivity contribution in [3.63, 3.8) is 0 Å². The highest BCUT2D eigenvalue weighted by atomic mass is 19.1. The summed E-state index contributed by atoms with van der Waals surface area (Å²) in [6, 6.07) is 10.8. The van der Waals surface area contributed by atoms with Crippen molar-refractivity contribution < 1.29 is 28.2 Å². The smallest absolute Gasteiger partial charge is 0.338 e. The molecule has 0 radical (unpaired) electrons. The Labute approximate surface area is 137 Å². The third kappa shape index (κ3) is 4.64. The van der Waals surface area contributed by atoms with E-state index in [0.717, 1.165) is 12.1 Å². The molecular formula is C17H14FNO5. The zero-order valence-corrected chi connectivity index (χ0v) is 12.7. The fourth-order valence-corrected chi connectivity index (χ4v) is 1.80. The molecule has 0 aliphatic rings. The molecule has 0 saturated carbocycles. The molecule has 0 heterocycles. The highest BCUT2D eigenvalue weighted by Crippen LogP contribution is 2.10. The van der Waals surface area contributed by atoms with E-state index >= 15 is 0 Å². The average Bonchev–Trinajstić information content (AvgIpc) is 2.60. The molecular weight excluding hydrogens is 317 g/mol. The van der Waals surface area contributed by atoms with E-state index in [9.17, 15) is 18.8 Å². The molecule has 6 nitrogen and oxygen atoms in total. The molecule has 1 N–H and O–H groups in total. The third-order valence-electron chi connectivity index (χ3n) is 3.00. The Balaban J connectivity index is 1.85. The van der Waals surface area contributed by atoms with E-state index in [1.165, 1.54) is 43.5 Å². The van der Waals surface area contributed by atoms with Crippen molar-refractivity contribution in [1.29, 1.82) is 0 Å². The number of esters is 2. The number of carbonyl (C=O) groups excluding carboxylic acids is 3. The van der Waals surface area contributed by atoms with E-state index in [-0.39, 0.29) is 5.56 Å². The molecule has 0 saturated heterocycles. The summed E-state index contributed by atoms with van der Waals surface area (Å²) in [7, 11) is 1.27. The van der Waals surface area contributed by atoms with Gasteiger partial charge in [0.2, 0.25) is 0 Å². The van der Waals surface area contributed by atoms with Crippen LogP contribution in [0.25, 0.3) is 0 Å². The molecule has 0 atom stereocenters. The molecule has 24 heavy (non-hydrogen) atoms. The van der Waals surface area contributed by atoms with Gasteiger partial charge in [0.1, 0.15) is 5.82 Å². The van der Waals surface area contributed by atoms with Crippen molar-refractivity contribution in [3.05, 3.63) is 65.5 Å². The van der Waals surface area contributed by atoms with Crippen LogP contribution in [-0.2, 0) is 14.3 Å². The first-order chi connectivity index (χ1) is 11.5. The predicted molar refractivity (Wildman–Crippen MR) is 83.1 cm³/mol. The summed E-state index contributed by atoms with van der Waals surface area (Å²) >= 11 is 0. The van der Waals surface area contributed by atoms with Crippen molar-refractivity contribution in [2.75, 3.05) is 19.0 Å². The number of methoxy groups -OCH3 is 1. The van der Waals surface area contributed by atoms with Crippen LogP contribution in [0, 0.1) is 5.82 Å². The molecule has 0 aliphatic carbocycles. The van der Waals surface area contributed by atoms with Crippen molar-refractivity contribution >= 4 is 23.5 Å². The lowest BCUT2D eigenvalue weighted by molar-refractivity contribution is -0.119. The second-order valence-electron chi connectivity index (χ2n) is 4.70. The minimum absolute atomic E-state index is 0.145. The number of carbonyl (C=O) groups is 3. The number of amides is 1. The van der Waals surface area contributed by atoms with Crippen molar-refractivity contribution in [1.82, 2.24) is 0 Å². The van der Waals surface area contributed by atoms with Crippen molar-refractivity contribution in [3.8, 4) is 0 Å². The molecule has 0 aromatic heterocycles. The lowest BCUT2D eigenvalue weighted by Crippen LogP contribution is -2.21. The number of nitrogens with one attached hydrogen (secondary N) is 1. The van der Waals surface area contributed by atoms with Gasteiger partial charge in [-0.2, -0.15) is 0 Å². The minimum Gasteiger partial charge on any atom is -0.465 e. The molecule has 7 heteroatoms. The van der Waals surface area contributed by atoms with Gasteiger partial charge in [0.25, 0.3) is 5.91 Å². The number of rotatable bonds is 5. The Bertz CT molecular complexity index is 741. The molecule has 124 valence electrons. The summed E-state index contributed by atoms with van der Waals surface area (Å²) in [5, 5.41) is 2.51. The number of anilines is 1. The summed E-state index contributed by atoms with van der Waals surface area (Å²) in [5.41, 5.74) is 0.926. The van der Waals surface area contributed by atoms with Crippen molar-refractivity contribution in [2.45, 2.75) is 0 Å². The summed E-state index contributed by atoms with van der Waals surface area (Å²) < 4.78 is 22.2. The van der Waals surface area contributed by atoms with Gasteiger partial charge in [-0.15, -0.1) is 0 Å². The monoisotopic (exact) mass is 331 g/mol. The van der Waals surface area contributed by atoms with Gasteiger partial charge in [0.15, 0.2) is 6.61 Å². The van der Waals surface area contributed by atoms with E-state index in [1.54, 1.807) is 0 Å². The van der Waals surface area contributed by atoms with Crippen LogP contribution in [0.15, 0.2) is 48.5 Å². The summed E-state index contributed by atoms with van der Waals surface area (Å²) in [4.78, 5) is 34.7.